The standard InChI is InChI=1S/C10H14O.C5H12S/c1-10(2,3)8-6-4-5-7-9(8)11;1-3-4-5-6-2/h4-7,11H,1-3H3;3-5H2,1-2H3. The zero-order chi connectivity index (χ0) is 13.3. The zero-order valence-corrected chi connectivity index (χ0v) is 12.6. The first-order valence-corrected chi connectivity index (χ1v) is 7.60. The van der Waals surface area contributed by atoms with Gasteiger partial charge >= 0.3 is 0 Å². The van der Waals surface area contributed by atoms with Crippen molar-refractivity contribution in [2.75, 3.05) is 12.0 Å². The highest BCUT2D eigenvalue weighted by Crippen LogP contribution is 2.29. The van der Waals surface area contributed by atoms with Gasteiger partial charge in [-0.2, -0.15) is 11.8 Å². The topological polar surface area (TPSA) is 20.2 Å². The van der Waals surface area contributed by atoms with E-state index in [4.69, 9.17) is 0 Å². The van der Waals surface area contributed by atoms with Crippen molar-refractivity contribution in [3.8, 4) is 5.75 Å². The van der Waals surface area contributed by atoms with Crippen molar-refractivity contribution < 1.29 is 5.11 Å². The molecular weight excluding hydrogens is 228 g/mol. The summed E-state index contributed by atoms with van der Waals surface area (Å²) >= 11 is 1.93. The number of phenols is 1. The Morgan fingerprint density at radius 2 is 1.76 bits per heavy atom. The van der Waals surface area contributed by atoms with E-state index in [1.807, 2.05) is 30.0 Å². The zero-order valence-electron chi connectivity index (χ0n) is 11.8. The number of phenolic OH excluding ortho intramolecular Hbond substituents is 1. The summed E-state index contributed by atoms with van der Waals surface area (Å²) < 4.78 is 0. The second-order valence-electron chi connectivity index (χ2n) is 5.11. The Hall–Kier alpha value is -0.630. The molecule has 0 aliphatic heterocycles. The number of unbranched alkanes of at least 4 members (excludes halogenated alkanes) is 1. The SMILES string of the molecule is CC(C)(C)c1ccccc1O.CCCCSC. The third-order valence-electron chi connectivity index (χ3n) is 2.41. The molecular formula is C15H26OS. The molecule has 0 saturated carbocycles. The fourth-order valence-electron chi connectivity index (χ4n) is 1.40. The average Bonchev–Trinajstić information content (AvgIpc) is 2.26. The predicted octanol–water partition coefficient (Wildman–Crippen LogP) is 4.84. The van der Waals surface area contributed by atoms with Crippen LogP contribution in [0, 0.1) is 0 Å². The molecule has 2 heteroatoms. The van der Waals surface area contributed by atoms with Gasteiger partial charge in [0.1, 0.15) is 5.75 Å². The number of para-hydroxylation sites is 1. The van der Waals surface area contributed by atoms with Crippen LogP contribution in [0.25, 0.3) is 0 Å². The summed E-state index contributed by atoms with van der Waals surface area (Å²) in [5.74, 6) is 1.72. The van der Waals surface area contributed by atoms with Crippen molar-refractivity contribution in [2.45, 2.75) is 46.0 Å². The lowest BCUT2D eigenvalue weighted by Gasteiger charge is -2.19. The Balaban J connectivity index is 0.000000366. The van der Waals surface area contributed by atoms with Crippen molar-refractivity contribution in [1.82, 2.24) is 0 Å². The number of rotatable bonds is 3. The van der Waals surface area contributed by atoms with Crippen molar-refractivity contribution in [3.05, 3.63) is 29.8 Å². The first-order chi connectivity index (χ1) is 7.93. The van der Waals surface area contributed by atoms with Gasteiger partial charge in [0.25, 0.3) is 0 Å². The van der Waals surface area contributed by atoms with E-state index < -0.39 is 0 Å². The number of thioether (sulfide) groups is 1. The summed E-state index contributed by atoms with van der Waals surface area (Å²) in [5.41, 5.74) is 1.03. The van der Waals surface area contributed by atoms with E-state index in [9.17, 15) is 5.11 Å². The van der Waals surface area contributed by atoms with Gasteiger partial charge < -0.3 is 5.11 Å². The summed E-state index contributed by atoms with van der Waals surface area (Å²) in [4.78, 5) is 0. The second-order valence-corrected chi connectivity index (χ2v) is 6.10. The molecule has 1 aromatic carbocycles. The molecule has 1 aromatic rings. The Kier molecular flexibility index (Phi) is 8.15. The Labute approximate surface area is 111 Å². The van der Waals surface area contributed by atoms with Crippen LogP contribution in [0.1, 0.15) is 46.1 Å². The van der Waals surface area contributed by atoms with E-state index in [2.05, 4.69) is 34.0 Å². The van der Waals surface area contributed by atoms with Gasteiger partial charge in [0.2, 0.25) is 0 Å². The third-order valence-corrected chi connectivity index (χ3v) is 3.11. The van der Waals surface area contributed by atoms with Crippen molar-refractivity contribution in [3.63, 3.8) is 0 Å². The van der Waals surface area contributed by atoms with E-state index in [0.29, 0.717) is 5.75 Å². The van der Waals surface area contributed by atoms with Gasteiger partial charge in [-0.25, -0.2) is 0 Å². The summed E-state index contributed by atoms with van der Waals surface area (Å²) in [5, 5.41) is 9.45. The Bertz CT molecular complexity index is 298. The fraction of sp³-hybridized carbons (Fsp3) is 0.600. The highest BCUT2D eigenvalue weighted by molar-refractivity contribution is 7.98. The molecule has 0 atom stereocenters. The molecule has 0 aromatic heterocycles. The molecule has 17 heavy (non-hydrogen) atoms. The minimum atomic E-state index is 0.0331. The molecule has 0 heterocycles. The first kappa shape index (κ1) is 16.4. The molecule has 0 spiro atoms. The maximum atomic E-state index is 9.45. The van der Waals surface area contributed by atoms with Crippen LogP contribution in [-0.2, 0) is 5.41 Å². The van der Waals surface area contributed by atoms with Crippen molar-refractivity contribution in [2.24, 2.45) is 0 Å². The molecule has 0 radical (unpaired) electrons. The smallest absolute Gasteiger partial charge is 0.119 e. The van der Waals surface area contributed by atoms with Gasteiger partial charge in [-0.1, -0.05) is 52.3 Å². The molecule has 0 amide bonds. The minimum Gasteiger partial charge on any atom is -0.508 e. The fourth-order valence-corrected chi connectivity index (χ4v) is 1.97. The van der Waals surface area contributed by atoms with Crippen LogP contribution in [0.5, 0.6) is 5.75 Å². The summed E-state index contributed by atoms with van der Waals surface area (Å²) in [6, 6.07) is 7.46. The summed E-state index contributed by atoms with van der Waals surface area (Å²) in [7, 11) is 0. The van der Waals surface area contributed by atoms with Crippen LogP contribution in [0.15, 0.2) is 24.3 Å². The molecule has 0 unspecified atom stereocenters. The van der Waals surface area contributed by atoms with Gasteiger partial charge in [-0.3, -0.25) is 0 Å². The maximum absolute atomic E-state index is 9.45. The second kappa shape index (κ2) is 8.46. The van der Waals surface area contributed by atoms with E-state index in [0.717, 1.165) is 5.56 Å². The highest BCUT2D eigenvalue weighted by Gasteiger charge is 2.16. The molecule has 1 nitrogen and oxygen atoms in total. The van der Waals surface area contributed by atoms with E-state index in [1.54, 1.807) is 6.07 Å². The monoisotopic (exact) mass is 254 g/mol. The summed E-state index contributed by atoms with van der Waals surface area (Å²) in [6.07, 6.45) is 4.86. The largest absolute Gasteiger partial charge is 0.508 e. The minimum absolute atomic E-state index is 0.0331. The van der Waals surface area contributed by atoms with E-state index in [-0.39, 0.29) is 5.41 Å². The molecule has 0 saturated heterocycles. The molecule has 1 N–H and O–H groups in total. The molecule has 0 aliphatic carbocycles. The Morgan fingerprint density at radius 3 is 2.06 bits per heavy atom. The normalized spacial score (nSPS) is 10.6. The average molecular weight is 254 g/mol. The van der Waals surface area contributed by atoms with Crippen molar-refractivity contribution >= 4 is 11.8 Å². The van der Waals surface area contributed by atoms with Gasteiger partial charge in [-0.15, -0.1) is 0 Å². The van der Waals surface area contributed by atoms with Crippen LogP contribution in [0.3, 0.4) is 0 Å². The van der Waals surface area contributed by atoms with E-state index in [1.165, 1.54) is 18.6 Å². The quantitative estimate of drug-likeness (QED) is 0.779. The number of hydrogen-bond donors (Lipinski definition) is 1. The molecule has 1 rings (SSSR count). The number of aromatic hydroxyl groups is 1. The van der Waals surface area contributed by atoms with Crippen molar-refractivity contribution in [1.29, 1.82) is 0 Å². The lowest BCUT2D eigenvalue weighted by Crippen LogP contribution is -2.10. The maximum Gasteiger partial charge on any atom is 0.119 e. The number of benzene rings is 1. The van der Waals surface area contributed by atoms with Gasteiger partial charge in [-0.05, 0) is 35.5 Å². The van der Waals surface area contributed by atoms with Gasteiger partial charge in [0.15, 0.2) is 0 Å². The van der Waals surface area contributed by atoms with Gasteiger partial charge in [0, 0.05) is 0 Å². The molecule has 0 fully saturated rings. The van der Waals surface area contributed by atoms with Crippen LogP contribution < -0.4 is 0 Å². The lowest BCUT2D eigenvalue weighted by molar-refractivity contribution is 0.447. The highest BCUT2D eigenvalue weighted by atomic mass is 32.2. The molecule has 0 bridgehead atoms. The third kappa shape index (κ3) is 7.32. The van der Waals surface area contributed by atoms with E-state index >= 15 is 0 Å². The predicted molar refractivity (Wildman–Crippen MR) is 80.1 cm³/mol. The number of hydrogen-bond acceptors (Lipinski definition) is 2. The summed E-state index contributed by atoms with van der Waals surface area (Å²) in [6.45, 7) is 8.47. The first-order valence-electron chi connectivity index (χ1n) is 6.20. The Morgan fingerprint density at radius 1 is 1.18 bits per heavy atom. The molecule has 0 aliphatic rings. The lowest BCUT2D eigenvalue weighted by atomic mass is 9.86. The van der Waals surface area contributed by atoms with Crippen LogP contribution in [0.2, 0.25) is 0 Å². The van der Waals surface area contributed by atoms with Gasteiger partial charge in [0.05, 0.1) is 0 Å². The van der Waals surface area contributed by atoms with Crippen LogP contribution in [0.4, 0.5) is 0 Å². The van der Waals surface area contributed by atoms with Crippen LogP contribution >= 0.6 is 11.8 Å². The molecule has 98 valence electrons. The van der Waals surface area contributed by atoms with Crippen LogP contribution in [-0.4, -0.2) is 17.1 Å².